The van der Waals surface area contributed by atoms with Crippen molar-refractivity contribution in [3.8, 4) is 0 Å². The molecular formula is C11H14BrNS. The minimum atomic E-state index is 0.581. The molecule has 0 radical (unpaired) electrons. The quantitative estimate of drug-likeness (QED) is 0.827. The van der Waals surface area contributed by atoms with Crippen LogP contribution in [0.25, 0.3) is 0 Å². The van der Waals surface area contributed by atoms with Crippen LogP contribution >= 0.6 is 27.3 Å². The van der Waals surface area contributed by atoms with Gasteiger partial charge >= 0.3 is 0 Å². The molecule has 1 aromatic heterocycles. The maximum Gasteiger partial charge on any atom is 0.0327 e. The molecule has 0 spiro atoms. The molecule has 0 aromatic carbocycles. The predicted molar refractivity (Wildman–Crippen MR) is 65.6 cm³/mol. The first kappa shape index (κ1) is 10.4. The zero-order valence-corrected chi connectivity index (χ0v) is 10.4. The van der Waals surface area contributed by atoms with Gasteiger partial charge in [-0.15, -0.1) is 11.3 Å². The predicted octanol–water partition coefficient (Wildman–Crippen LogP) is 3.71. The van der Waals surface area contributed by atoms with Crippen molar-refractivity contribution in [3.63, 3.8) is 0 Å². The van der Waals surface area contributed by atoms with Crippen molar-refractivity contribution >= 4 is 27.3 Å². The second-order valence-electron chi connectivity index (χ2n) is 3.54. The molecule has 0 fully saturated rings. The van der Waals surface area contributed by atoms with Crippen LogP contribution in [0.15, 0.2) is 28.1 Å². The lowest BCUT2D eigenvalue weighted by Crippen LogP contribution is -2.27. The minimum Gasteiger partial charge on any atom is -0.306 e. The van der Waals surface area contributed by atoms with E-state index in [1.54, 1.807) is 11.3 Å². The summed E-state index contributed by atoms with van der Waals surface area (Å²) in [5.74, 6) is 0. The minimum absolute atomic E-state index is 0.581. The van der Waals surface area contributed by atoms with Gasteiger partial charge in [-0.2, -0.15) is 0 Å². The summed E-state index contributed by atoms with van der Waals surface area (Å²) in [7, 11) is 0. The molecule has 1 N–H and O–H groups in total. The van der Waals surface area contributed by atoms with Crippen LogP contribution in [-0.4, -0.2) is 6.04 Å². The van der Waals surface area contributed by atoms with Gasteiger partial charge in [-0.05, 0) is 46.6 Å². The van der Waals surface area contributed by atoms with Gasteiger partial charge in [-0.1, -0.05) is 12.2 Å². The zero-order chi connectivity index (χ0) is 9.80. The Bertz CT molecular complexity index is 319. The second-order valence-corrected chi connectivity index (χ2v) is 5.39. The van der Waals surface area contributed by atoms with Gasteiger partial charge in [0.25, 0.3) is 0 Å². The Labute approximate surface area is 97.3 Å². The number of halogens is 1. The summed E-state index contributed by atoms with van der Waals surface area (Å²) in [6.07, 6.45) is 8.43. The maximum absolute atomic E-state index is 3.56. The number of thiophene rings is 1. The molecule has 1 atom stereocenters. The van der Waals surface area contributed by atoms with Gasteiger partial charge in [0, 0.05) is 21.9 Å². The summed E-state index contributed by atoms with van der Waals surface area (Å²) in [6, 6.07) is 2.69. The monoisotopic (exact) mass is 271 g/mol. The van der Waals surface area contributed by atoms with Crippen LogP contribution in [-0.2, 0) is 6.54 Å². The third kappa shape index (κ3) is 2.69. The Morgan fingerprint density at radius 1 is 1.57 bits per heavy atom. The van der Waals surface area contributed by atoms with Crippen LogP contribution in [0.3, 0.4) is 0 Å². The molecule has 1 aromatic rings. The highest BCUT2D eigenvalue weighted by Crippen LogP contribution is 2.22. The Morgan fingerprint density at radius 3 is 3.14 bits per heavy atom. The molecule has 0 aliphatic heterocycles. The Hall–Kier alpha value is -0.120. The Balaban J connectivity index is 1.85. The fraction of sp³-hybridized carbons (Fsp3) is 0.455. The smallest absolute Gasteiger partial charge is 0.0327 e. The van der Waals surface area contributed by atoms with Crippen LogP contribution < -0.4 is 5.32 Å². The van der Waals surface area contributed by atoms with Gasteiger partial charge in [0.2, 0.25) is 0 Å². The van der Waals surface area contributed by atoms with Gasteiger partial charge in [0.05, 0.1) is 0 Å². The topological polar surface area (TPSA) is 12.0 Å². The number of allylic oxidation sites excluding steroid dienone is 1. The highest BCUT2D eigenvalue weighted by molar-refractivity contribution is 9.10. The van der Waals surface area contributed by atoms with E-state index in [2.05, 4.69) is 44.8 Å². The van der Waals surface area contributed by atoms with Crippen molar-refractivity contribution in [2.75, 3.05) is 0 Å². The molecule has 76 valence electrons. The highest BCUT2D eigenvalue weighted by atomic mass is 79.9. The van der Waals surface area contributed by atoms with E-state index in [4.69, 9.17) is 0 Å². The normalized spacial score (nSPS) is 21.4. The number of hydrogen-bond donors (Lipinski definition) is 1. The van der Waals surface area contributed by atoms with Crippen LogP contribution in [0.5, 0.6) is 0 Å². The van der Waals surface area contributed by atoms with Gasteiger partial charge in [-0.3, -0.25) is 0 Å². The zero-order valence-electron chi connectivity index (χ0n) is 8.00. The Morgan fingerprint density at radius 2 is 2.50 bits per heavy atom. The van der Waals surface area contributed by atoms with E-state index in [0.717, 1.165) is 6.54 Å². The molecule has 3 heteroatoms. The lowest BCUT2D eigenvalue weighted by molar-refractivity contribution is 0.524. The molecule has 0 bridgehead atoms. The van der Waals surface area contributed by atoms with E-state index in [1.165, 1.54) is 28.6 Å². The van der Waals surface area contributed by atoms with Crippen molar-refractivity contribution in [3.05, 3.63) is 32.9 Å². The third-order valence-electron chi connectivity index (χ3n) is 2.47. The van der Waals surface area contributed by atoms with E-state index in [9.17, 15) is 0 Å². The molecule has 1 nitrogen and oxygen atoms in total. The number of rotatable bonds is 3. The molecule has 2 rings (SSSR count). The lowest BCUT2D eigenvalue weighted by atomic mass is 10.0. The first-order chi connectivity index (χ1) is 6.86. The molecule has 1 aliphatic rings. The van der Waals surface area contributed by atoms with Crippen molar-refractivity contribution in [2.24, 2.45) is 0 Å². The fourth-order valence-corrected chi connectivity index (χ4v) is 3.10. The van der Waals surface area contributed by atoms with Crippen molar-refractivity contribution in [1.82, 2.24) is 5.32 Å². The molecule has 0 amide bonds. The van der Waals surface area contributed by atoms with E-state index in [1.807, 2.05) is 0 Å². The fourth-order valence-electron chi connectivity index (χ4n) is 1.66. The van der Waals surface area contributed by atoms with E-state index < -0.39 is 0 Å². The van der Waals surface area contributed by atoms with Crippen molar-refractivity contribution < 1.29 is 0 Å². The summed E-state index contributed by atoms with van der Waals surface area (Å²) in [4.78, 5) is 1.39. The van der Waals surface area contributed by atoms with Gasteiger partial charge in [0.1, 0.15) is 0 Å². The van der Waals surface area contributed by atoms with Gasteiger partial charge < -0.3 is 5.32 Å². The molecule has 1 heterocycles. The van der Waals surface area contributed by atoms with Crippen LogP contribution in [0.2, 0.25) is 0 Å². The average Bonchev–Trinajstić information content (AvgIpc) is 2.63. The molecule has 1 aliphatic carbocycles. The summed E-state index contributed by atoms with van der Waals surface area (Å²) < 4.78 is 1.23. The second kappa shape index (κ2) is 5.10. The largest absolute Gasteiger partial charge is 0.306 e. The van der Waals surface area contributed by atoms with Crippen molar-refractivity contribution in [1.29, 1.82) is 0 Å². The third-order valence-corrected chi connectivity index (χ3v) is 4.40. The van der Waals surface area contributed by atoms with Crippen LogP contribution in [0.1, 0.15) is 24.1 Å². The van der Waals surface area contributed by atoms with Crippen molar-refractivity contribution in [2.45, 2.75) is 31.8 Å². The highest BCUT2D eigenvalue weighted by Gasteiger charge is 2.08. The maximum atomic E-state index is 3.56. The van der Waals surface area contributed by atoms with Crippen LogP contribution in [0.4, 0.5) is 0 Å². The lowest BCUT2D eigenvalue weighted by Gasteiger charge is -2.17. The molecule has 1 unspecified atom stereocenters. The molecule has 14 heavy (non-hydrogen) atoms. The summed E-state index contributed by atoms with van der Waals surface area (Å²) in [6.45, 7) is 0.979. The standard InChI is InChI=1S/C11H14BrNS/c12-10-6-7-14-11(10)8-13-9-4-2-1-3-5-9/h2,4,6-7,9,13H,1,3,5,8H2. The SMILES string of the molecule is Brc1ccsc1CNC1C=CCCC1. The average molecular weight is 272 g/mol. The van der Waals surface area contributed by atoms with Gasteiger partial charge in [0.15, 0.2) is 0 Å². The van der Waals surface area contributed by atoms with E-state index in [-0.39, 0.29) is 0 Å². The van der Waals surface area contributed by atoms with Crippen LogP contribution in [0, 0.1) is 0 Å². The first-order valence-electron chi connectivity index (χ1n) is 4.98. The number of nitrogens with one attached hydrogen (secondary N) is 1. The first-order valence-corrected chi connectivity index (χ1v) is 6.65. The van der Waals surface area contributed by atoms with E-state index >= 15 is 0 Å². The Kier molecular flexibility index (Phi) is 3.79. The summed E-state index contributed by atoms with van der Waals surface area (Å²) in [5.41, 5.74) is 0. The summed E-state index contributed by atoms with van der Waals surface area (Å²) >= 11 is 5.35. The van der Waals surface area contributed by atoms with E-state index in [0.29, 0.717) is 6.04 Å². The molecule has 0 saturated heterocycles. The summed E-state index contributed by atoms with van der Waals surface area (Å²) in [5, 5.41) is 5.68. The molecule has 0 saturated carbocycles. The number of hydrogen-bond acceptors (Lipinski definition) is 2. The molecular weight excluding hydrogens is 258 g/mol. The van der Waals surface area contributed by atoms with Gasteiger partial charge in [-0.25, -0.2) is 0 Å².